The highest BCUT2D eigenvalue weighted by Crippen LogP contribution is 2.38. The van der Waals surface area contributed by atoms with Gasteiger partial charge < -0.3 is 10.2 Å². The molecule has 29 heavy (non-hydrogen) atoms. The monoisotopic (exact) mass is 424 g/mol. The molecule has 0 aromatic heterocycles. The van der Waals surface area contributed by atoms with Crippen LogP contribution in [0.2, 0.25) is 5.02 Å². The summed E-state index contributed by atoms with van der Waals surface area (Å²) in [5.41, 5.74) is 2.29. The van der Waals surface area contributed by atoms with E-state index in [9.17, 15) is 18.0 Å². The highest BCUT2D eigenvalue weighted by atomic mass is 35.5. The van der Waals surface area contributed by atoms with E-state index in [1.165, 1.54) is 12.2 Å². The number of amides is 1. The fourth-order valence-electron chi connectivity index (χ4n) is 3.41. The largest absolute Gasteiger partial charge is 0.416 e. The molecule has 1 aromatic rings. The predicted molar refractivity (Wildman–Crippen MR) is 111 cm³/mol. The third-order valence-electron chi connectivity index (χ3n) is 4.79. The Kier molecular flexibility index (Phi) is 5.86. The van der Waals surface area contributed by atoms with Crippen LogP contribution < -0.4 is 10.2 Å². The van der Waals surface area contributed by atoms with Gasteiger partial charge in [0.15, 0.2) is 0 Å². The Labute approximate surface area is 173 Å². The van der Waals surface area contributed by atoms with E-state index in [1.54, 1.807) is 12.1 Å². The van der Waals surface area contributed by atoms with Crippen LogP contribution in [0.15, 0.2) is 53.3 Å². The standard InChI is InChI=1S/C22H24ClF3N2O/c1-21(2,3)12-20(29)27-19-7-6-17(11-18(19)23)28-9-8-14-10-16(22(24,25)26)5-4-15(14)13-28/h5-7,10-11,13H,4,8-9,12H2,1-3H3,(H,27,29). The normalized spacial score (nSPS) is 17.2. The lowest BCUT2D eigenvalue weighted by molar-refractivity contribution is -0.117. The van der Waals surface area contributed by atoms with Gasteiger partial charge in [-0.2, -0.15) is 13.2 Å². The average molecular weight is 425 g/mol. The van der Waals surface area contributed by atoms with Gasteiger partial charge in [0.05, 0.1) is 16.3 Å². The first-order chi connectivity index (χ1) is 13.4. The first-order valence-corrected chi connectivity index (χ1v) is 9.85. The molecule has 2 aliphatic rings. The second-order valence-corrected chi connectivity index (χ2v) is 8.99. The van der Waals surface area contributed by atoms with E-state index in [1.807, 2.05) is 37.9 Å². The van der Waals surface area contributed by atoms with E-state index < -0.39 is 11.7 Å². The number of halogens is 4. The van der Waals surface area contributed by atoms with Gasteiger partial charge in [-0.15, -0.1) is 0 Å². The van der Waals surface area contributed by atoms with Crippen LogP contribution >= 0.6 is 11.6 Å². The number of fused-ring (bicyclic) bond motifs is 1. The van der Waals surface area contributed by atoms with E-state index in [-0.39, 0.29) is 17.7 Å². The maximum atomic E-state index is 12.9. The molecule has 1 N–H and O–H groups in total. The third-order valence-corrected chi connectivity index (χ3v) is 5.11. The minimum absolute atomic E-state index is 0.100. The zero-order valence-electron chi connectivity index (χ0n) is 16.7. The summed E-state index contributed by atoms with van der Waals surface area (Å²) in [7, 11) is 0. The number of anilines is 2. The molecule has 0 fully saturated rings. The Morgan fingerprint density at radius 3 is 2.55 bits per heavy atom. The fourth-order valence-corrected chi connectivity index (χ4v) is 3.64. The molecule has 3 rings (SSSR count). The Bertz CT molecular complexity index is 908. The van der Waals surface area contributed by atoms with Crippen molar-refractivity contribution < 1.29 is 18.0 Å². The van der Waals surface area contributed by atoms with Gasteiger partial charge in [0.1, 0.15) is 0 Å². The van der Waals surface area contributed by atoms with Crippen LogP contribution in [0.1, 0.15) is 40.0 Å². The molecule has 1 aromatic carbocycles. The number of benzene rings is 1. The summed E-state index contributed by atoms with van der Waals surface area (Å²) in [6.45, 7) is 6.53. The number of allylic oxidation sites excluding steroid dienone is 4. The topological polar surface area (TPSA) is 32.3 Å². The van der Waals surface area contributed by atoms with Crippen LogP contribution in [0.25, 0.3) is 0 Å². The smallest absolute Gasteiger partial charge is 0.347 e. The summed E-state index contributed by atoms with van der Waals surface area (Å²) in [6.07, 6.45) is 1.20. The maximum absolute atomic E-state index is 12.9. The summed E-state index contributed by atoms with van der Waals surface area (Å²) in [6, 6.07) is 5.37. The average Bonchev–Trinajstić information content (AvgIpc) is 2.60. The minimum atomic E-state index is -4.31. The van der Waals surface area contributed by atoms with Crippen molar-refractivity contribution in [3.8, 4) is 0 Å². The number of carbonyl (C=O) groups is 1. The van der Waals surface area contributed by atoms with E-state index in [4.69, 9.17) is 11.6 Å². The Morgan fingerprint density at radius 1 is 1.21 bits per heavy atom. The summed E-state index contributed by atoms with van der Waals surface area (Å²) in [5, 5.41) is 3.26. The molecule has 0 spiro atoms. The molecular formula is C22H24ClF3N2O. The SMILES string of the molecule is CC(C)(C)CC(=O)Nc1ccc(N2C=C3CC=C(C(F)(F)F)C=C3CC2)cc1Cl. The first kappa shape index (κ1) is 21.5. The summed E-state index contributed by atoms with van der Waals surface area (Å²) >= 11 is 6.36. The van der Waals surface area contributed by atoms with Gasteiger partial charge in [0.2, 0.25) is 5.91 Å². The summed E-state index contributed by atoms with van der Waals surface area (Å²) in [4.78, 5) is 14.1. The zero-order valence-corrected chi connectivity index (χ0v) is 17.4. The first-order valence-electron chi connectivity index (χ1n) is 9.47. The zero-order chi connectivity index (χ0) is 21.4. The maximum Gasteiger partial charge on any atom is 0.416 e. The second kappa shape index (κ2) is 7.90. The molecule has 3 nitrogen and oxygen atoms in total. The van der Waals surface area contributed by atoms with E-state index in [0.29, 0.717) is 30.1 Å². The molecule has 0 atom stereocenters. The number of alkyl halides is 3. The molecule has 1 aliphatic carbocycles. The number of carbonyl (C=O) groups excluding carboxylic acids is 1. The van der Waals surface area contributed by atoms with Crippen molar-refractivity contribution in [2.24, 2.45) is 5.41 Å². The molecule has 7 heteroatoms. The van der Waals surface area contributed by atoms with Gasteiger partial charge in [0, 0.05) is 24.9 Å². The van der Waals surface area contributed by atoms with Crippen LogP contribution in [-0.2, 0) is 4.79 Å². The lowest BCUT2D eigenvalue weighted by Gasteiger charge is -2.31. The van der Waals surface area contributed by atoms with Gasteiger partial charge in [-0.25, -0.2) is 0 Å². The highest BCUT2D eigenvalue weighted by Gasteiger charge is 2.34. The molecule has 0 radical (unpaired) electrons. The van der Waals surface area contributed by atoms with Gasteiger partial charge in [-0.3, -0.25) is 4.79 Å². The van der Waals surface area contributed by atoms with Crippen LogP contribution in [0, 0.1) is 5.41 Å². The van der Waals surface area contributed by atoms with Crippen LogP contribution in [0.4, 0.5) is 24.5 Å². The molecule has 0 unspecified atom stereocenters. The molecule has 0 bridgehead atoms. The van der Waals surface area contributed by atoms with Crippen molar-refractivity contribution >= 4 is 28.9 Å². The Morgan fingerprint density at radius 2 is 1.93 bits per heavy atom. The lowest BCUT2D eigenvalue weighted by atomic mass is 9.90. The predicted octanol–water partition coefficient (Wildman–Crippen LogP) is 6.63. The quantitative estimate of drug-likeness (QED) is 0.590. The molecule has 1 heterocycles. The van der Waals surface area contributed by atoms with Crippen molar-refractivity contribution in [1.29, 1.82) is 0 Å². The number of hydrogen-bond acceptors (Lipinski definition) is 2. The Hall–Kier alpha value is -2.21. The van der Waals surface area contributed by atoms with Crippen LogP contribution in [-0.4, -0.2) is 18.6 Å². The van der Waals surface area contributed by atoms with E-state index in [2.05, 4.69) is 5.32 Å². The van der Waals surface area contributed by atoms with Gasteiger partial charge in [-0.1, -0.05) is 38.4 Å². The van der Waals surface area contributed by atoms with Gasteiger partial charge >= 0.3 is 6.18 Å². The molecule has 1 aliphatic heterocycles. The minimum Gasteiger partial charge on any atom is -0.347 e. The van der Waals surface area contributed by atoms with Crippen LogP contribution in [0.3, 0.4) is 0 Å². The fraction of sp³-hybridized carbons (Fsp3) is 0.409. The van der Waals surface area contributed by atoms with Gasteiger partial charge in [-0.05, 0) is 53.7 Å². The highest BCUT2D eigenvalue weighted by molar-refractivity contribution is 6.34. The number of nitrogens with zero attached hydrogens (tertiary/aromatic N) is 1. The van der Waals surface area contributed by atoms with Crippen molar-refractivity contribution in [3.05, 3.63) is 58.3 Å². The van der Waals surface area contributed by atoms with Crippen LogP contribution in [0.5, 0.6) is 0 Å². The number of rotatable bonds is 3. The molecule has 1 amide bonds. The van der Waals surface area contributed by atoms with E-state index in [0.717, 1.165) is 16.8 Å². The molecule has 0 saturated carbocycles. The van der Waals surface area contributed by atoms with Crippen molar-refractivity contribution in [2.45, 2.75) is 46.2 Å². The molecule has 156 valence electrons. The van der Waals surface area contributed by atoms with Crippen molar-refractivity contribution in [2.75, 3.05) is 16.8 Å². The van der Waals surface area contributed by atoms with Gasteiger partial charge in [0.25, 0.3) is 0 Å². The molecular weight excluding hydrogens is 401 g/mol. The van der Waals surface area contributed by atoms with E-state index >= 15 is 0 Å². The number of hydrogen-bond donors (Lipinski definition) is 1. The number of nitrogens with one attached hydrogen (secondary N) is 1. The summed E-state index contributed by atoms with van der Waals surface area (Å²) in [5.74, 6) is -0.100. The second-order valence-electron chi connectivity index (χ2n) is 8.58. The summed E-state index contributed by atoms with van der Waals surface area (Å²) < 4.78 is 38.8. The molecule has 0 saturated heterocycles. The Balaban J connectivity index is 1.73. The van der Waals surface area contributed by atoms with Crippen molar-refractivity contribution in [3.63, 3.8) is 0 Å². The van der Waals surface area contributed by atoms with Crippen molar-refractivity contribution in [1.82, 2.24) is 0 Å². The third kappa shape index (κ3) is 5.44. The lowest BCUT2D eigenvalue weighted by Crippen LogP contribution is -2.25.